The van der Waals surface area contributed by atoms with Crippen LogP contribution in [0.1, 0.15) is 17.7 Å². The topological polar surface area (TPSA) is 33.7 Å². The molecular weight excluding hydrogens is 332 g/mol. The van der Waals surface area contributed by atoms with Crippen molar-refractivity contribution in [3.63, 3.8) is 0 Å². The molecular formula is C17H19ClN2O2S. The molecule has 0 aliphatic carbocycles. The van der Waals surface area contributed by atoms with E-state index in [1.165, 1.54) is 17.7 Å². The summed E-state index contributed by atoms with van der Waals surface area (Å²) >= 11 is 7.70. The van der Waals surface area contributed by atoms with Crippen LogP contribution in [-0.4, -0.2) is 30.8 Å². The van der Waals surface area contributed by atoms with Crippen LogP contribution in [0, 0.1) is 0 Å². The lowest BCUT2D eigenvalue weighted by atomic mass is 10.1. The van der Waals surface area contributed by atoms with E-state index in [1.807, 2.05) is 18.2 Å². The summed E-state index contributed by atoms with van der Waals surface area (Å²) in [6, 6.07) is 10.6. The maximum absolute atomic E-state index is 6.03. The maximum atomic E-state index is 6.03. The average Bonchev–Trinajstić information content (AvgIpc) is 3.16. The number of rotatable bonds is 4. The third-order valence-electron chi connectivity index (χ3n) is 4.26. The second-order valence-corrected chi connectivity index (χ2v) is 7.79. The molecule has 6 heteroatoms. The number of hydrogen-bond acceptors (Lipinski definition) is 5. The second-order valence-electron chi connectivity index (χ2n) is 5.99. The lowest BCUT2D eigenvalue weighted by molar-refractivity contribution is 0.174. The Labute approximate surface area is 145 Å². The number of nitrogens with one attached hydrogen (secondary N) is 1. The van der Waals surface area contributed by atoms with Crippen LogP contribution in [0.15, 0.2) is 30.3 Å². The van der Waals surface area contributed by atoms with Gasteiger partial charge in [0.1, 0.15) is 0 Å². The van der Waals surface area contributed by atoms with Crippen molar-refractivity contribution in [1.29, 1.82) is 0 Å². The van der Waals surface area contributed by atoms with Crippen LogP contribution in [0.25, 0.3) is 0 Å². The smallest absolute Gasteiger partial charge is 0.231 e. The highest BCUT2D eigenvalue weighted by Crippen LogP contribution is 2.34. The molecule has 3 heterocycles. The molecule has 0 spiro atoms. The minimum absolute atomic E-state index is 0.319. The Kier molecular flexibility index (Phi) is 4.33. The molecule has 0 bridgehead atoms. The molecule has 2 aliphatic heterocycles. The maximum Gasteiger partial charge on any atom is 0.231 e. The van der Waals surface area contributed by atoms with Crippen LogP contribution >= 0.6 is 22.9 Å². The van der Waals surface area contributed by atoms with E-state index < -0.39 is 0 Å². The molecule has 23 heavy (non-hydrogen) atoms. The second kappa shape index (κ2) is 6.59. The van der Waals surface area contributed by atoms with Gasteiger partial charge in [0, 0.05) is 35.8 Å². The monoisotopic (exact) mass is 350 g/mol. The van der Waals surface area contributed by atoms with Gasteiger partial charge in [-0.1, -0.05) is 11.6 Å². The van der Waals surface area contributed by atoms with Gasteiger partial charge in [0.25, 0.3) is 0 Å². The standard InChI is InChI=1S/C17H19ClN2O2S/c18-17-6-4-14(23-17)10-20-7-1-2-13(9-20)19-12-3-5-15-16(8-12)22-11-21-15/h3-6,8,13,19H,1-2,7,9-11H2/t13-/m1/s1. The molecule has 0 amide bonds. The zero-order valence-electron chi connectivity index (χ0n) is 12.8. The highest BCUT2D eigenvalue weighted by molar-refractivity contribution is 7.16. The van der Waals surface area contributed by atoms with E-state index in [0.29, 0.717) is 12.8 Å². The van der Waals surface area contributed by atoms with Crippen molar-refractivity contribution in [2.45, 2.75) is 25.4 Å². The molecule has 4 nitrogen and oxygen atoms in total. The zero-order valence-corrected chi connectivity index (χ0v) is 14.3. The van der Waals surface area contributed by atoms with Gasteiger partial charge in [-0.25, -0.2) is 0 Å². The number of halogens is 1. The predicted octanol–water partition coefficient (Wildman–Crippen LogP) is 4.21. The number of anilines is 1. The van der Waals surface area contributed by atoms with E-state index in [9.17, 15) is 0 Å². The molecule has 0 radical (unpaired) electrons. The summed E-state index contributed by atoms with van der Waals surface area (Å²) in [5.41, 5.74) is 1.10. The van der Waals surface area contributed by atoms with Crippen LogP contribution < -0.4 is 14.8 Å². The SMILES string of the molecule is Clc1ccc(CN2CCC[C@@H](Nc3ccc4c(c3)OCO4)C2)s1. The van der Waals surface area contributed by atoms with Crippen molar-refractivity contribution < 1.29 is 9.47 Å². The summed E-state index contributed by atoms with van der Waals surface area (Å²) < 4.78 is 11.7. The molecule has 0 unspecified atom stereocenters. The van der Waals surface area contributed by atoms with Crippen LogP contribution in [0.2, 0.25) is 4.34 Å². The third-order valence-corrected chi connectivity index (χ3v) is 5.47. The molecule has 122 valence electrons. The number of hydrogen-bond donors (Lipinski definition) is 1. The third kappa shape index (κ3) is 3.57. The highest BCUT2D eigenvalue weighted by Gasteiger charge is 2.21. The molecule has 4 rings (SSSR count). The Hall–Kier alpha value is -1.43. The fourth-order valence-corrected chi connectivity index (χ4v) is 4.33. The van der Waals surface area contributed by atoms with Gasteiger partial charge in [-0.15, -0.1) is 11.3 Å². The summed E-state index contributed by atoms with van der Waals surface area (Å²) in [4.78, 5) is 3.83. The van der Waals surface area contributed by atoms with Crippen LogP contribution in [0.5, 0.6) is 11.5 Å². The number of piperidine rings is 1. The van der Waals surface area contributed by atoms with E-state index in [-0.39, 0.29) is 0 Å². The number of likely N-dealkylation sites (tertiary alicyclic amines) is 1. The Morgan fingerprint density at radius 1 is 1.22 bits per heavy atom. The van der Waals surface area contributed by atoms with Crippen molar-refractivity contribution in [2.24, 2.45) is 0 Å². The van der Waals surface area contributed by atoms with E-state index in [4.69, 9.17) is 21.1 Å². The van der Waals surface area contributed by atoms with Crippen LogP contribution in [0.3, 0.4) is 0 Å². The number of fused-ring (bicyclic) bond motifs is 1. The highest BCUT2D eigenvalue weighted by atomic mass is 35.5. The lowest BCUT2D eigenvalue weighted by Gasteiger charge is -2.33. The quantitative estimate of drug-likeness (QED) is 0.895. The van der Waals surface area contributed by atoms with Crippen molar-refractivity contribution in [1.82, 2.24) is 4.90 Å². The minimum atomic E-state index is 0.319. The fourth-order valence-electron chi connectivity index (χ4n) is 3.20. The van der Waals surface area contributed by atoms with Crippen molar-refractivity contribution in [3.05, 3.63) is 39.5 Å². The van der Waals surface area contributed by atoms with E-state index >= 15 is 0 Å². The van der Waals surface area contributed by atoms with Crippen molar-refractivity contribution >= 4 is 28.6 Å². The van der Waals surface area contributed by atoms with E-state index in [0.717, 1.165) is 41.2 Å². The molecule has 1 aromatic heterocycles. The molecule has 1 N–H and O–H groups in total. The first-order valence-corrected chi connectivity index (χ1v) is 9.08. The lowest BCUT2D eigenvalue weighted by Crippen LogP contribution is -2.41. The molecule has 1 atom stereocenters. The Bertz CT molecular complexity index is 691. The summed E-state index contributed by atoms with van der Waals surface area (Å²) in [5.74, 6) is 1.66. The Balaban J connectivity index is 1.37. The Morgan fingerprint density at radius 2 is 2.13 bits per heavy atom. The first kappa shape index (κ1) is 15.1. The van der Waals surface area contributed by atoms with E-state index in [1.54, 1.807) is 11.3 Å². The number of nitrogens with zero attached hydrogens (tertiary/aromatic N) is 1. The molecule has 1 aromatic carbocycles. The minimum Gasteiger partial charge on any atom is -0.454 e. The molecule has 1 saturated heterocycles. The van der Waals surface area contributed by atoms with Gasteiger partial charge in [0.05, 0.1) is 4.34 Å². The number of benzene rings is 1. The largest absolute Gasteiger partial charge is 0.454 e. The van der Waals surface area contributed by atoms with Crippen molar-refractivity contribution in [2.75, 3.05) is 25.2 Å². The van der Waals surface area contributed by atoms with Gasteiger partial charge in [0.15, 0.2) is 11.5 Å². The number of ether oxygens (including phenoxy) is 2. The summed E-state index contributed by atoms with van der Waals surface area (Å²) in [6.45, 7) is 3.49. The first-order valence-electron chi connectivity index (χ1n) is 7.89. The average molecular weight is 351 g/mol. The van der Waals surface area contributed by atoms with Gasteiger partial charge in [-0.3, -0.25) is 4.90 Å². The fraction of sp³-hybridized carbons (Fsp3) is 0.412. The molecule has 1 fully saturated rings. The van der Waals surface area contributed by atoms with Crippen molar-refractivity contribution in [3.8, 4) is 11.5 Å². The molecule has 2 aliphatic rings. The molecule has 2 aromatic rings. The predicted molar refractivity (Wildman–Crippen MR) is 93.8 cm³/mol. The van der Waals surface area contributed by atoms with Crippen LogP contribution in [-0.2, 0) is 6.54 Å². The summed E-state index contributed by atoms with van der Waals surface area (Å²) in [7, 11) is 0. The summed E-state index contributed by atoms with van der Waals surface area (Å²) in [6.07, 6.45) is 2.40. The van der Waals surface area contributed by atoms with Gasteiger partial charge in [-0.2, -0.15) is 0 Å². The zero-order chi connectivity index (χ0) is 15.6. The van der Waals surface area contributed by atoms with Gasteiger partial charge in [-0.05, 0) is 43.7 Å². The van der Waals surface area contributed by atoms with E-state index in [2.05, 4.69) is 22.3 Å². The van der Waals surface area contributed by atoms with Crippen LogP contribution in [0.4, 0.5) is 5.69 Å². The molecule has 0 saturated carbocycles. The number of thiophene rings is 1. The van der Waals surface area contributed by atoms with Gasteiger partial charge >= 0.3 is 0 Å². The first-order chi connectivity index (χ1) is 11.3. The Morgan fingerprint density at radius 3 is 3.00 bits per heavy atom. The van der Waals surface area contributed by atoms with Gasteiger partial charge in [0.2, 0.25) is 6.79 Å². The van der Waals surface area contributed by atoms with Gasteiger partial charge < -0.3 is 14.8 Å². The normalized spacial score (nSPS) is 20.7. The summed E-state index contributed by atoms with van der Waals surface area (Å²) in [5, 5.41) is 3.63.